The molecule has 0 aliphatic rings. The van der Waals surface area contributed by atoms with E-state index >= 15 is 0 Å². The number of benzene rings is 2. The first-order valence-electron chi connectivity index (χ1n) is 8.74. The predicted molar refractivity (Wildman–Crippen MR) is 109 cm³/mol. The number of rotatable bonds is 7. The van der Waals surface area contributed by atoms with Gasteiger partial charge < -0.3 is 5.32 Å². The van der Waals surface area contributed by atoms with Crippen LogP contribution in [0.5, 0.6) is 0 Å². The van der Waals surface area contributed by atoms with Gasteiger partial charge in [0.2, 0.25) is 5.91 Å². The molecular formula is C20H27N3O3S. The van der Waals surface area contributed by atoms with E-state index in [1.54, 1.807) is 30.3 Å². The van der Waals surface area contributed by atoms with Gasteiger partial charge in [-0.1, -0.05) is 42.0 Å². The van der Waals surface area contributed by atoms with Gasteiger partial charge in [0.25, 0.3) is 0 Å². The third-order valence-corrected chi connectivity index (χ3v) is 6.16. The minimum Gasteiger partial charge on any atom is -0.348 e. The lowest BCUT2D eigenvalue weighted by molar-refractivity contribution is -0.120. The Kier molecular flexibility index (Phi) is 6.62. The van der Waals surface area contributed by atoms with Crippen molar-refractivity contribution in [2.75, 3.05) is 24.9 Å². The van der Waals surface area contributed by atoms with E-state index in [1.165, 1.54) is 14.1 Å². The first-order chi connectivity index (χ1) is 12.6. The zero-order valence-corrected chi connectivity index (χ0v) is 17.2. The highest BCUT2D eigenvalue weighted by atomic mass is 32.2. The number of amides is 1. The first-order valence-corrected chi connectivity index (χ1v) is 10.1. The standard InChI is InChI=1S/C20H27N3O3S/c1-15-11-12-19(16(2)13-15)17(3)21-20(24)14-23(27(25,26)22(4)5)18-9-7-6-8-10-18/h6-13,17H,14H2,1-5H3,(H,21,24)/t17-/m1/s1. The number of hydrogen-bond donors (Lipinski definition) is 1. The minimum atomic E-state index is -3.80. The minimum absolute atomic E-state index is 0.224. The summed E-state index contributed by atoms with van der Waals surface area (Å²) in [6.07, 6.45) is 0. The Bertz CT molecular complexity index is 896. The van der Waals surface area contributed by atoms with Crippen LogP contribution in [0.3, 0.4) is 0 Å². The number of anilines is 1. The summed E-state index contributed by atoms with van der Waals surface area (Å²) in [4.78, 5) is 12.6. The van der Waals surface area contributed by atoms with E-state index < -0.39 is 10.2 Å². The van der Waals surface area contributed by atoms with Crippen LogP contribution < -0.4 is 9.62 Å². The summed E-state index contributed by atoms with van der Waals surface area (Å²) < 4.78 is 27.6. The van der Waals surface area contributed by atoms with Crippen molar-refractivity contribution < 1.29 is 13.2 Å². The Morgan fingerprint density at radius 3 is 2.26 bits per heavy atom. The third kappa shape index (κ3) is 5.08. The second-order valence-corrected chi connectivity index (χ2v) is 8.85. The fourth-order valence-corrected chi connectivity index (χ4v) is 3.97. The van der Waals surface area contributed by atoms with Gasteiger partial charge >= 0.3 is 10.2 Å². The monoisotopic (exact) mass is 389 g/mol. The number of aryl methyl sites for hydroxylation is 2. The van der Waals surface area contributed by atoms with E-state index in [9.17, 15) is 13.2 Å². The van der Waals surface area contributed by atoms with E-state index in [1.807, 2.05) is 32.9 Å². The molecule has 0 saturated heterocycles. The molecule has 0 aromatic heterocycles. The van der Waals surface area contributed by atoms with Crippen LogP contribution in [-0.2, 0) is 15.0 Å². The zero-order valence-electron chi connectivity index (χ0n) is 16.4. The SMILES string of the molecule is Cc1ccc([C@@H](C)NC(=O)CN(c2ccccc2)S(=O)(=O)N(C)C)c(C)c1. The van der Waals surface area contributed by atoms with Crippen molar-refractivity contribution in [3.05, 3.63) is 65.2 Å². The van der Waals surface area contributed by atoms with Crippen LogP contribution in [-0.4, -0.2) is 39.3 Å². The average molecular weight is 390 g/mol. The number of hydrogen-bond acceptors (Lipinski definition) is 3. The summed E-state index contributed by atoms with van der Waals surface area (Å²) >= 11 is 0. The average Bonchev–Trinajstić information content (AvgIpc) is 2.60. The summed E-state index contributed by atoms with van der Waals surface area (Å²) in [6.45, 7) is 5.62. The highest BCUT2D eigenvalue weighted by Gasteiger charge is 2.27. The largest absolute Gasteiger partial charge is 0.348 e. The van der Waals surface area contributed by atoms with Gasteiger partial charge in [0.05, 0.1) is 11.7 Å². The molecule has 2 aromatic rings. The Morgan fingerprint density at radius 2 is 1.70 bits per heavy atom. The van der Waals surface area contributed by atoms with Gasteiger partial charge in [0, 0.05) is 14.1 Å². The predicted octanol–water partition coefficient (Wildman–Crippen LogP) is 2.79. The van der Waals surface area contributed by atoms with Gasteiger partial charge in [0.15, 0.2) is 0 Å². The highest BCUT2D eigenvalue weighted by molar-refractivity contribution is 7.90. The van der Waals surface area contributed by atoms with Crippen LogP contribution in [0.4, 0.5) is 5.69 Å². The summed E-state index contributed by atoms with van der Waals surface area (Å²) in [6, 6.07) is 14.4. The topological polar surface area (TPSA) is 69.7 Å². The second kappa shape index (κ2) is 8.54. The molecule has 1 N–H and O–H groups in total. The molecule has 6 nitrogen and oxygen atoms in total. The summed E-state index contributed by atoms with van der Waals surface area (Å²) in [5, 5.41) is 2.90. The van der Waals surface area contributed by atoms with Crippen LogP contribution >= 0.6 is 0 Å². The number of para-hydroxylation sites is 1. The Morgan fingerprint density at radius 1 is 1.07 bits per heavy atom. The van der Waals surface area contributed by atoms with Gasteiger partial charge in [-0.25, -0.2) is 4.31 Å². The lowest BCUT2D eigenvalue weighted by Crippen LogP contribution is -2.46. The zero-order chi connectivity index (χ0) is 20.2. The van der Waals surface area contributed by atoms with Gasteiger partial charge in [-0.15, -0.1) is 0 Å². The molecule has 0 bridgehead atoms. The lowest BCUT2D eigenvalue weighted by atomic mass is 10.0. The number of carbonyl (C=O) groups excluding carboxylic acids is 1. The summed E-state index contributed by atoms with van der Waals surface area (Å²) in [7, 11) is -0.904. The maximum atomic E-state index is 12.7. The van der Waals surface area contributed by atoms with Crippen molar-refractivity contribution in [1.29, 1.82) is 0 Å². The van der Waals surface area contributed by atoms with Crippen molar-refractivity contribution in [3.63, 3.8) is 0 Å². The third-order valence-electron chi connectivity index (χ3n) is 4.34. The molecule has 0 heterocycles. The molecule has 2 aromatic carbocycles. The molecule has 0 radical (unpaired) electrons. The number of nitrogens with zero attached hydrogens (tertiary/aromatic N) is 2. The van der Waals surface area contributed by atoms with E-state index in [0.717, 1.165) is 25.3 Å². The van der Waals surface area contributed by atoms with Crippen molar-refractivity contribution in [2.24, 2.45) is 0 Å². The van der Waals surface area contributed by atoms with Crippen LogP contribution in [0.2, 0.25) is 0 Å². The molecule has 2 rings (SSSR count). The molecule has 0 aliphatic heterocycles. The van der Waals surface area contributed by atoms with E-state index in [0.29, 0.717) is 5.69 Å². The van der Waals surface area contributed by atoms with Crippen molar-refractivity contribution in [3.8, 4) is 0 Å². The number of carbonyl (C=O) groups is 1. The van der Waals surface area contributed by atoms with Crippen LogP contribution in [0.25, 0.3) is 0 Å². The van der Waals surface area contributed by atoms with Gasteiger partial charge in [-0.2, -0.15) is 12.7 Å². The van der Waals surface area contributed by atoms with Gasteiger partial charge in [-0.05, 0) is 44.0 Å². The quantitative estimate of drug-likeness (QED) is 0.792. The van der Waals surface area contributed by atoms with Crippen LogP contribution in [0.15, 0.2) is 48.5 Å². The molecule has 1 atom stereocenters. The Labute approximate surface area is 162 Å². The molecule has 0 aliphatic carbocycles. The molecule has 7 heteroatoms. The maximum Gasteiger partial charge on any atom is 0.304 e. The normalized spacial score (nSPS) is 12.7. The second-order valence-electron chi connectivity index (χ2n) is 6.78. The van der Waals surface area contributed by atoms with E-state index in [-0.39, 0.29) is 18.5 Å². The van der Waals surface area contributed by atoms with Crippen LogP contribution in [0, 0.1) is 13.8 Å². The van der Waals surface area contributed by atoms with E-state index in [2.05, 4.69) is 11.4 Å². The lowest BCUT2D eigenvalue weighted by Gasteiger charge is -2.27. The highest BCUT2D eigenvalue weighted by Crippen LogP contribution is 2.21. The Hall–Kier alpha value is -2.38. The molecule has 0 fully saturated rings. The number of nitrogens with one attached hydrogen (secondary N) is 1. The molecule has 0 saturated carbocycles. The van der Waals surface area contributed by atoms with Crippen molar-refractivity contribution in [2.45, 2.75) is 26.8 Å². The van der Waals surface area contributed by atoms with Gasteiger partial charge in [0.1, 0.15) is 6.54 Å². The molecule has 27 heavy (non-hydrogen) atoms. The molecular weight excluding hydrogens is 362 g/mol. The first kappa shape index (κ1) is 20.9. The molecule has 146 valence electrons. The van der Waals surface area contributed by atoms with Gasteiger partial charge in [-0.3, -0.25) is 4.79 Å². The fraction of sp³-hybridized carbons (Fsp3) is 0.350. The Balaban J connectivity index is 2.21. The van der Waals surface area contributed by atoms with Crippen molar-refractivity contribution in [1.82, 2.24) is 9.62 Å². The summed E-state index contributed by atoms with van der Waals surface area (Å²) in [5.74, 6) is -0.364. The maximum absolute atomic E-state index is 12.7. The smallest absolute Gasteiger partial charge is 0.304 e. The molecule has 1 amide bonds. The van der Waals surface area contributed by atoms with E-state index in [4.69, 9.17) is 0 Å². The molecule has 0 spiro atoms. The fourth-order valence-electron chi connectivity index (χ4n) is 2.90. The molecule has 0 unspecified atom stereocenters. The summed E-state index contributed by atoms with van der Waals surface area (Å²) in [5.41, 5.74) is 3.70. The van der Waals surface area contributed by atoms with Crippen molar-refractivity contribution >= 4 is 21.8 Å². The van der Waals surface area contributed by atoms with Crippen LogP contribution in [0.1, 0.15) is 29.7 Å².